The number of pyridine rings is 1. The quantitative estimate of drug-likeness (QED) is 0.147. The summed E-state index contributed by atoms with van der Waals surface area (Å²) >= 11 is 0. The molecule has 0 aliphatic carbocycles. The van der Waals surface area contributed by atoms with Crippen molar-refractivity contribution in [3.63, 3.8) is 0 Å². The number of aromatic nitrogens is 3. The minimum atomic E-state index is -4.75. The minimum absolute atomic E-state index is 0.123. The lowest BCUT2D eigenvalue weighted by atomic mass is 10.0. The second kappa shape index (κ2) is 15.2. The summed E-state index contributed by atoms with van der Waals surface area (Å²) in [4.78, 5) is 27.9. The Kier molecular flexibility index (Phi) is 10.8. The van der Waals surface area contributed by atoms with Gasteiger partial charge in [-0.2, -0.15) is 13.2 Å². The zero-order valence-electron chi connectivity index (χ0n) is 30.1. The summed E-state index contributed by atoms with van der Waals surface area (Å²) in [5, 5.41) is 3.93. The molecule has 10 nitrogen and oxygen atoms in total. The number of hydrogen-bond acceptors (Lipinski definition) is 9. The highest BCUT2D eigenvalue weighted by Crippen LogP contribution is 2.39. The number of aryl methyl sites for hydroxylation is 1. The third-order valence-electron chi connectivity index (χ3n) is 8.77. The Hall–Kier alpha value is -5.31. The van der Waals surface area contributed by atoms with Crippen molar-refractivity contribution in [3.8, 4) is 22.9 Å². The highest BCUT2D eigenvalue weighted by Gasteiger charge is 2.34. The molecular weight excluding hydrogens is 727 g/mol. The van der Waals surface area contributed by atoms with Crippen LogP contribution in [0.1, 0.15) is 55.9 Å². The van der Waals surface area contributed by atoms with Gasteiger partial charge in [-0.25, -0.2) is 32.6 Å². The molecule has 1 N–H and O–H groups in total. The number of carbonyl (C=O) groups excluding carboxylic acids is 1. The van der Waals surface area contributed by atoms with Gasteiger partial charge in [-0.3, -0.25) is 0 Å². The van der Waals surface area contributed by atoms with Gasteiger partial charge in [0.25, 0.3) is 0 Å². The number of alkyl halides is 3. The Bertz CT molecular complexity index is 2300. The van der Waals surface area contributed by atoms with Crippen molar-refractivity contribution < 1.29 is 40.2 Å². The first-order valence-corrected chi connectivity index (χ1v) is 19.1. The van der Waals surface area contributed by atoms with Gasteiger partial charge in [0.1, 0.15) is 17.2 Å². The van der Waals surface area contributed by atoms with Gasteiger partial charge in [0, 0.05) is 42.5 Å². The van der Waals surface area contributed by atoms with E-state index in [2.05, 4.69) is 15.3 Å². The van der Waals surface area contributed by atoms with E-state index in [-0.39, 0.29) is 34.7 Å². The molecule has 1 atom stereocenters. The molecule has 2 aromatic heterocycles. The molecule has 0 unspecified atom stereocenters. The summed E-state index contributed by atoms with van der Waals surface area (Å²) in [5.74, 6) is -1.81. The van der Waals surface area contributed by atoms with E-state index in [0.29, 0.717) is 41.2 Å². The zero-order valence-corrected chi connectivity index (χ0v) is 30.9. The third kappa shape index (κ3) is 9.07. The number of nitrogens with zero attached hydrogens (tertiary/aromatic N) is 4. The van der Waals surface area contributed by atoms with E-state index in [4.69, 9.17) is 14.5 Å². The van der Waals surface area contributed by atoms with Crippen LogP contribution in [-0.2, 0) is 32.3 Å². The Morgan fingerprint density at radius 2 is 1.70 bits per heavy atom. The highest BCUT2D eigenvalue weighted by molar-refractivity contribution is 7.89. The average molecular weight is 766 g/mol. The van der Waals surface area contributed by atoms with Crippen LogP contribution in [0, 0.1) is 12.7 Å². The van der Waals surface area contributed by atoms with E-state index < -0.39 is 50.1 Å². The van der Waals surface area contributed by atoms with Crippen molar-refractivity contribution in [2.75, 3.05) is 18.4 Å². The molecule has 6 rings (SSSR count). The monoisotopic (exact) mass is 765 g/mol. The number of hydrogen-bond donors (Lipinski definition) is 1. The fraction of sp³-hybridized carbons (Fsp3) is 0.333. The molecule has 1 aliphatic heterocycles. The molecule has 1 saturated heterocycles. The molecule has 3 aromatic carbocycles. The molecule has 0 saturated carbocycles. The number of rotatable bonds is 9. The number of likely N-dealkylation sites (tertiary alicyclic amines) is 1. The van der Waals surface area contributed by atoms with Crippen molar-refractivity contribution in [2.24, 2.45) is 0 Å². The van der Waals surface area contributed by atoms with Crippen LogP contribution in [0.25, 0.3) is 22.0 Å². The second-order valence-electron chi connectivity index (χ2n) is 14.2. The van der Waals surface area contributed by atoms with Gasteiger partial charge < -0.3 is 19.7 Å². The van der Waals surface area contributed by atoms with E-state index in [9.17, 15) is 26.4 Å². The van der Waals surface area contributed by atoms with E-state index in [0.717, 1.165) is 31.0 Å². The van der Waals surface area contributed by atoms with Crippen LogP contribution < -0.4 is 10.1 Å². The van der Waals surface area contributed by atoms with Gasteiger partial charge in [0.15, 0.2) is 9.84 Å². The summed E-state index contributed by atoms with van der Waals surface area (Å²) in [5.41, 5.74) is -0.666. The highest BCUT2D eigenvalue weighted by atomic mass is 32.2. The number of anilines is 1. The van der Waals surface area contributed by atoms with Gasteiger partial charge in [-0.1, -0.05) is 30.3 Å². The third-order valence-corrected chi connectivity index (χ3v) is 10.3. The topological polar surface area (TPSA) is 124 Å². The first-order valence-electron chi connectivity index (χ1n) is 17.2. The Labute approximate surface area is 310 Å². The summed E-state index contributed by atoms with van der Waals surface area (Å²) in [7, 11) is -4.28. The SMILES string of the molecule is Cc1ccc2c(CS(=O)(=O)Cc3ccccc3C(F)(F)F)c(F)ccc2c1Oc1ncccc1-c1ccnc(N[C@H]2CCCN(C(=O)OC(C)(C)C)C2)n1. The fourth-order valence-electron chi connectivity index (χ4n) is 6.35. The van der Waals surface area contributed by atoms with E-state index in [1.54, 1.807) is 48.4 Å². The van der Waals surface area contributed by atoms with E-state index in [1.807, 2.05) is 20.8 Å². The molecule has 0 bridgehead atoms. The normalized spacial score (nSPS) is 15.3. The van der Waals surface area contributed by atoms with Crippen LogP contribution in [0.3, 0.4) is 0 Å². The van der Waals surface area contributed by atoms with Gasteiger partial charge in [0.2, 0.25) is 11.8 Å². The van der Waals surface area contributed by atoms with Crippen LogP contribution in [-0.4, -0.2) is 59.1 Å². The first kappa shape index (κ1) is 38.4. The van der Waals surface area contributed by atoms with Crippen LogP contribution >= 0.6 is 0 Å². The first-order chi connectivity index (χ1) is 25.5. The smallest absolute Gasteiger partial charge is 0.416 e. The maximum absolute atomic E-state index is 15.4. The predicted molar refractivity (Wildman–Crippen MR) is 196 cm³/mol. The molecule has 0 radical (unpaired) electrons. The fourth-order valence-corrected chi connectivity index (χ4v) is 7.91. The Morgan fingerprint density at radius 3 is 2.46 bits per heavy atom. The van der Waals surface area contributed by atoms with E-state index >= 15 is 4.39 Å². The maximum atomic E-state index is 15.4. The lowest BCUT2D eigenvalue weighted by molar-refractivity contribution is -0.138. The van der Waals surface area contributed by atoms with Crippen LogP contribution in [0.5, 0.6) is 11.6 Å². The lowest BCUT2D eigenvalue weighted by Crippen LogP contribution is -2.47. The number of benzene rings is 3. The van der Waals surface area contributed by atoms with Crippen LogP contribution in [0.15, 0.2) is 79.1 Å². The van der Waals surface area contributed by atoms with Crippen molar-refractivity contribution in [2.45, 2.75) is 69.9 Å². The molecule has 3 heterocycles. The molecular formula is C39H39F4N5O5S. The van der Waals surface area contributed by atoms with Gasteiger partial charge in [-0.15, -0.1) is 0 Å². The number of halogens is 4. The summed E-state index contributed by atoms with van der Waals surface area (Å²) in [6.45, 7) is 8.22. The molecule has 1 aliphatic rings. The number of sulfone groups is 1. The average Bonchev–Trinajstić information content (AvgIpc) is 3.10. The van der Waals surface area contributed by atoms with Crippen LogP contribution in [0.2, 0.25) is 0 Å². The molecule has 54 heavy (non-hydrogen) atoms. The standard InChI is InChI=1S/C39H39F4N5O5S/c1-24-13-14-27-28(15-16-32(40)30(27)23-54(50,51)22-25-9-5-6-12-31(25)39(41,42)43)34(24)52-35-29(11-7-18-44-35)33-17-19-45-36(47-33)46-26-10-8-20-48(21-26)37(49)53-38(2,3)4/h5-7,9,11-19,26H,8,10,20-23H2,1-4H3,(H,45,46,47)/t26-/m0/s1. The number of nitrogens with one attached hydrogen (secondary N) is 1. The number of carbonyl (C=O) groups is 1. The number of fused-ring (bicyclic) bond motifs is 1. The van der Waals surface area contributed by atoms with Crippen molar-refractivity contribution in [1.82, 2.24) is 19.9 Å². The van der Waals surface area contributed by atoms with Crippen LogP contribution in [0.4, 0.5) is 28.3 Å². The van der Waals surface area contributed by atoms with Gasteiger partial charge in [-0.05, 0) is 93.4 Å². The van der Waals surface area contributed by atoms with Crippen molar-refractivity contribution in [3.05, 3.63) is 107 Å². The molecule has 5 aromatic rings. The Balaban J connectivity index is 1.26. The molecule has 284 valence electrons. The molecule has 15 heteroatoms. The summed E-state index contributed by atoms with van der Waals surface area (Å²) in [6, 6.07) is 15.2. The Morgan fingerprint density at radius 1 is 0.944 bits per heavy atom. The summed E-state index contributed by atoms with van der Waals surface area (Å²) < 4.78 is 94.8. The molecule has 1 amide bonds. The zero-order chi connectivity index (χ0) is 38.8. The van der Waals surface area contributed by atoms with Gasteiger partial charge >= 0.3 is 12.3 Å². The van der Waals surface area contributed by atoms with E-state index in [1.165, 1.54) is 24.4 Å². The van der Waals surface area contributed by atoms with Crippen molar-refractivity contribution >= 4 is 32.7 Å². The second-order valence-corrected chi connectivity index (χ2v) is 16.2. The molecule has 1 fully saturated rings. The number of piperidine rings is 1. The lowest BCUT2D eigenvalue weighted by Gasteiger charge is -2.34. The maximum Gasteiger partial charge on any atom is 0.416 e. The largest absolute Gasteiger partial charge is 0.444 e. The van der Waals surface area contributed by atoms with Gasteiger partial charge in [0.05, 0.1) is 28.3 Å². The number of ether oxygens (including phenoxy) is 2. The predicted octanol–water partition coefficient (Wildman–Crippen LogP) is 8.88. The summed E-state index contributed by atoms with van der Waals surface area (Å²) in [6.07, 6.45) is -0.460. The van der Waals surface area contributed by atoms with Crippen molar-refractivity contribution in [1.29, 1.82) is 0 Å². The number of amides is 1. The minimum Gasteiger partial charge on any atom is -0.444 e. The molecule has 0 spiro atoms.